The van der Waals surface area contributed by atoms with Crippen molar-refractivity contribution in [2.24, 2.45) is 0 Å². The number of rotatable bonds is 0. The largest absolute Gasteiger partial charge is 0.442 e. The highest BCUT2D eigenvalue weighted by atomic mass is 16.6. The fraction of sp³-hybridized carbons (Fsp3) is 0.385. The average Bonchev–Trinajstić information content (AvgIpc) is 2.87. The third kappa shape index (κ3) is 2.01. The highest BCUT2D eigenvalue weighted by Crippen LogP contribution is 2.32. The summed E-state index contributed by atoms with van der Waals surface area (Å²) in [6, 6.07) is 0. The van der Waals surface area contributed by atoms with Crippen LogP contribution in [0.5, 0.6) is 0 Å². The molecule has 20 heavy (non-hydrogen) atoms. The van der Waals surface area contributed by atoms with Crippen LogP contribution in [0.4, 0.5) is 4.79 Å². The zero-order valence-electron chi connectivity index (χ0n) is 11.4. The van der Waals surface area contributed by atoms with Gasteiger partial charge >= 0.3 is 6.09 Å². The van der Waals surface area contributed by atoms with Crippen LogP contribution >= 0.6 is 0 Å². The molecule has 2 aliphatic rings. The number of nitrogens with one attached hydrogen (secondary N) is 1. The molecular formula is C13H14N4O3. The van der Waals surface area contributed by atoms with E-state index in [1.807, 2.05) is 6.08 Å². The van der Waals surface area contributed by atoms with E-state index in [0.717, 1.165) is 4.68 Å². The molecule has 1 aliphatic carbocycles. The summed E-state index contributed by atoms with van der Waals surface area (Å²) in [7, 11) is 0. The van der Waals surface area contributed by atoms with Crippen LogP contribution in [0.15, 0.2) is 17.8 Å². The number of amides is 1. The average molecular weight is 274 g/mol. The minimum Gasteiger partial charge on any atom is -0.442 e. The van der Waals surface area contributed by atoms with Crippen LogP contribution in [0.1, 0.15) is 32.2 Å². The van der Waals surface area contributed by atoms with Gasteiger partial charge in [0, 0.05) is 23.8 Å². The van der Waals surface area contributed by atoms with Crippen molar-refractivity contribution in [3.8, 4) is 0 Å². The number of ether oxygens (including phenoxy) is 1. The summed E-state index contributed by atoms with van der Waals surface area (Å²) < 4.78 is 6.40. The van der Waals surface area contributed by atoms with E-state index < -0.39 is 11.7 Å². The molecule has 1 amide bonds. The van der Waals surface area contributed by atoms with Crippen LogP contribution in [0.25, 0.3) is 5.57 Å². The van der Waals surface area contributed by atoms with Gasteiger partial charge in [-0.05, 0) is 20.8 Å². The molecule has 0 spiro atoms. The molecule has 0 fully saturated rings. The fourth-order valence-corrected chi connectivity index (χ4v) is 2.15. The monoisotopic (exact) mass is 274 g/mol. The molecule has 1 aliphatic heterocycles. The molecule has 7 nitrogen and oxygen atoms in total. The number of hydrogen-bond acceptors (Lipinski definition) is 5. The van der Waals surface area contributed by atoms with Crippen LogP contribution in [-0.4, -0.2) is 32.6 Å². The summed E-state index contributed by atoms with van der Waals surface area (Å²) in [4.78, 5) is 23.6. The molecule has 2 heterocycles. The minimum absolute atomic E-state index is 0.212. The summed E-state index contributed by atoms with van der Waals surface area (Å²) in [6.45, 7) is 5.33. The van der Waals surface area contributed by atoms with E-state index in [2.05, 4.69) is 15.6 Å². The summed E-state index contributed by atoms with van der Waals surface area (Å²) in [6.07, 6.45) is 3.21. The first-order valence-electron chi connectivity index (χ1n) is 6.27. The molecule has 0 unspecified atom stereocenters. The van der Waals surface area contributed by atoms with E-state index in [1.165, 1.54) is 6.08 Å². The topological polar surface area (TPSA) is 86.1 Å². The minimum atomic E-state index is -0.624. The Hall–Kier alpha value is -2.44. The molecule has 0 saturated heterocycles. The molecule has 0 bridgehead atoms. The van der Waals surface area contributed by atoms with E-state index in [0.29, 0.717) is 29.1 Å². The highest BCUT2D eigenvalue weighted by Gasteiger charge is 2.32. The van der Waals surface area contributed by atoms with E-state index in [9.17, 15) is 9.59 Å². The number of carbonyl (C=O) groups excluding carboxylic acids is 2. The number of fused-ring (bicyclic) bond motifs is 3. The zero-order valence-corrected chi connectivity index (χ0v) is 11.4. The maximum absolute atomic E-state index is 12.1. The van der Waals surface area contributed by atoms with Crippen LogP contribution in [0, 0.1) is 0 Å². The van der Waals surface area contributed by atoms with Gasteiger partial charge in [-0.2, -0.15) is 0 Å². The SMILES string of the molecule is CC(C)(C)OC(=O)n1nnc2c1C1=CC(=O)NC1=CC2. The Bertz CT molecular complexity index is 676. The van der Waals surface area contributed by atoms with Gasteiger partial charge in [0.05, 0.1) is 5.69 Å². The van der Waals surface area contributed by atoms with Crippen LogP contribution in [0.3, 0.4) is 0 Å². The predicted octanol–water partition coefficient (Wildman–Crippen LogP) is 1.01. The maximum Gasteiger partial charge on any atom is 0.437 e. The molecule has 0 saturated carbocycles. The lowest BCUT2D eigenvalue weighted by Crippen LogP contribution is -2.29. The Balaban J connectivity index is 2.02. The summed E-state index contributed by atoms with van der Waals surface area (Å²) >= 11 is 0. The number of nitrogens with zero attached hydrogens (tertiary/aromatic N) is 3. The van der Waals surface area contributed by atoms with Crippen molar-refractivity contribution in [1.82, 2.24) is 20.3 Å². The normalized spacial score (nSPS) is 16.9. The first-order valence-corrected chi connectivity index (χ1v) is 6.27. The Morgan fingerprint density at radius 1 is 1.45 bits per heavy atom. The van der Waals surface area contributed by atoms with Gasteiger partial charge < -0.3 is 10.1 Å². The first kappa shape index (κ1) is 12.6. The Kier molecular flexibility index (Phi) is 2.53. The van der Waals surface area contributed by atoms with Crippen LogP contribution < -0.4 is 5.32 Å². The third-order valence-corrected chi connectivity index (χ3v) is 2.88. The maximum atomic E-state index is 12.1. The molecular weight excluding hydrogens is 260 g/mol. The van der Waals surface area contributed by atoms with Gasteiger partial charge in [0.25, 0.3) is 0 Å². The van der Waals surface area contributed by atoms with Crippen molar-refractivity contribution >= 4 is 17.6 Å². The van der Waals surface area contributed by atoms with E-state index in [4.69, 9.17) is 4.74 Å². The summed E-state index contributed by atoms with van der Waals surface area (Å²) in [5.41, 5.74) is 1.88. The second-order valence-electron chi connectivity index (χ2n) is 5.65. The number of carbonyl (C=O) groups is 2. The van der Waals surface area contributed by atoms with Crippen LogP contribution in [0.2, 0.25) is 0 Å². The molecule has 3 rings (SSSR count). The second kappa shape index (κ2) is 4.03. The molecule has 0 atom stereocenters. The lowest BCUT2D eigenvalue weighted by atomic mass is 10.0. The second-order valence-corrected chi connectivity index (χ2v) is 5.65. The van der Waals surface area contributed by atoms with E-state index in [-0.39, 0.29) is 5.91 Å². The fourth-order valence-electron chi connectivity index (χ4n) is 2.15. The molecule has 1 aromatic heterocycles. The number of aromatic nitrogens is 3. The van der Waals surface area contributed by atoms with Gasteiger partial charge in [0.1, 0.15) is 11.3 Å². The van der Waals surface area contributed by atoms with Gasteiger partial charge in [0.2, 0.25) is 5.91 Å². The standard InChI is InChI=1S/C13H14N4O3/c1-13(2,3)20-12(19)17-11-7-6-10(18)14-8(7)4-5-9(11)15-16-17/h4,6H,5H2,1-3H3,(H,14,18). The molecule has 1 aromatic rings. The Morgan fingerprint density at radius 3 is 2.90 bits per heavy atom. The van der Waals surface area contributed by atoms with Gasteiger partial charge in [-0.25, -0.2) is 4.79 Å². The van der Waals surface area contributed by atoms with Crippen molar-refractivity contribution in [2.75, 3.05) is 0 Å². The summed E-state index contributed by atoms with van der Waals surface area (Å²) in [5.74, 6) is -0.212. The molecule has 104 valence electrons. The smallest absolute Gasteiger partial charge is 0.437 e. The number of allylic oxidation sites excluding steroid dienone is 2. The Morgan fingerprint density at radius 2 is 2.20 bits per heavy atom. The van der Waals surface area contributed by atoms with Gasteiger partial charge in [0.15, 0.2) is 0 Å². The highest BCUT2D eigenvalue weighted by molar-refractivity contribution is 6.07. The lowest BCUT2D eigenvalue weighted by molar-refractivity contribution is -0.115. The molecule has 1 N–H and O–H groups in total. The number of hydrogen-bond donors (Lipinski definition) is 1. The van der Waals surface area contributed by atoms with Crippen molar-refractivity contribution in [1.29, 1.82) is 0 Å². The van der Waals surface area contributed by atoms with E-state index >= 15 is 0 Å². The predicted molar refractivity (Wildman–Crippen MR) is 69.6 cm³/mol. The van der Waals surface area contributed by atoms with Crippen molar-refractivity contribution in [3.05, 3.63) is 29.2 Å². The zero-order chi connectivity index (χ0) is 14.5. The quantitative estimate of drug-likeness (QED) is 0.763. The molecule has 0 aromatic carbocycles. The third-order valence-electron chi connectivity index (χ3n) is 2.88. The Labute approximate surface area is 115 Å². The summed E-state index contributed by atoms with van der Waals surface area (Å²) in [5, 5.41) is 10.5. The first-order chi connectivity index (χ1) is 9.35. The van der Waals surface area contributed by atoms with E-state index in [1.54, 1.807) is 20.8 Å². The van der Waals surface area contributed by atoms with Crippen LogP contribution in [-0.2, 0) is 16.0 Å². The lowest BCUT2D eigenvalue weighted by Gasteiger charge is -2.20. The molecule has 0 radical (unpaired) electrons. The van der Waals surface area contributed by atoms with Gasteiger partial charge in [-0.1, -0.05) is 11.3 Å². The van der Waals surface area contributed by atoms with Crippen molar-refractivity contribution in [2.45, 2.75) is 32.8 Å². The van der Waals surface area contributed by atoms with Gasteiger partial charge in [-0.15, -0.1) is 9.78 Å². The molecule has 7 heteroatoms. The van der Waals surface area contributed by atoms with Gasteiger partial charge in [-0.3, -0.25) is 4.79 Å². The van der Waals surface area contributed by atoms with Crippen molar-refractivity contribution < 1.29 is 14.3 Å². The van der Waals surface area contributed by atoms with Crippen molar-refractivity contribution in [3.63, 3.8) is 0 Å².